The number of rotatable bonds is 4. The number of thioether (sulfide) groups is 1. The molecule has 1 unspecified atom stereocenters. The molecule has 25 heavy (non-hydrogen) atoms. The first-order valence-corrected chi connectivity index (χ1v) is 10.8. The standard InChI is InChI=1S/C20H27ClN2OS/c21-19-8-3-2-7-17(19)9-10-20(24)23-13-6-14-25-16-18(23)15-22-11-4-1-5-12-22/h2-3,7-10,18H,1,4-6,11-16H2/b10-9+. The molecule has 3 nitrogen and oxygen atoms in total. The van der Waals surface area contributed by atoms with Crippen LogP contribution in [0.25, 0.3) is 6.08 Å². The Kier molecular flexibility index (Phi) is 7.26. The number of carbonyl (C=O) groups excluding carboxylic acids is 1. The smallest absolute Gasteiger partial charge is 0.246 e. The second-order valence-electron chi connectivity index (χ2n) is 6.83. The fraction of sp³-hybridized carbons (Fsp3) is 0.550. The molecule has 5 heteroatoms. The number of likely N-dealkylation sites (tertiary alicyclic amines) is 1. The molecule has 1 aromatic rings. The van der Waals surface area contributed by atoms with Gasteiger partial charge in [-0.05, 0) is 55.8 Å². The zero-order valence-electron chi connectivity index (χ0n) is 14.7. The summed E-state index contributed by atoms with van der Waals surface area (Å²) in [5, 5.41) is 0.683. The highest BCUT2D eigenvalue weighted by atomic mass is 35.5. The van der Waals surface area contributed by atoms with Gasteiger partial charge in [-0.2, -0.15) is 11.8 Å². The summed E-state index contributed by atoms with van der Waals surface area (Å²) in [6.45, 7) is 4.23. The Bertz CT molecular complexity index is 601. The lowest BCUT2D eigenvalue weighted by atomic mass is 10.1. The van der Waals surface area contributed by atoms with E-state index < -0.39 is 0 Å². The minimum atomic E-state index is 0.115. The number of hydrogen-bond donors (Lipinski definition) is 0. The number of halogens is 1. The van der Waals surface area contributed by atoms with Crippen molar-refractivity contribution in [2.75, 3.05) is 37.7 Å². The molecule has 0 radical (unpaired) electrons. The Balaban J connectivity index is 1.67. The monoisotopic (exact) mass is 378 g/mol. The van der Waals surface area contributed by atoms with E-state index in [9.17, 15) is 4.79 Å². The lowest BCUT2D eigenvalue weighted by molar-refractivity contribution is -0.128. The molecule has 2 aliphatic heterocycles. The van der Waals surface area contributed by atoms with Gasteiger partial charge in [0.05, 0.1) is 6.04 Å². The first kappa shape index (κ1) is 18.8. The van der Waals surface area contributed by atoms with E-state index in [0.717, 1.165) is 36.6 Å². The molecule has 1 aromatic carbocycles. The average molecular weight is 379 g/mol. The largest absolute Gasteiger partial charge is 0.334 e. The van der Waals surface area contributed by atoms with E-state index in [1.807, 2.05) is 42.1 Å². The maximum atomic E-state index is 12.9. The van der Waals surface area contributed by atoms with E-state index in [1.54, 1.807) is 6.08 Å². The van der Waals surface area contributed by atoms with E-state index in [2.05, 4.69) is 9.80 Å². The third kappa shape index (κ3) is 5.50. The highest BCUT2D eigenvalue weighted by Crippen LogP contribution is 2.21. The summed E-state index contributed by atoms with van der Waals surface area (Å²) < 4.78 is 0. The van der Waals surface area contributed by atoms with Crippen LogP contribution in [0.4, 0.5) is 0 Å². The van der Waals surface area contributed by atoms with Gasteiger partial charge in [0.25, 0.3) is 0 Å². The van der Waals surface area contributed by atoms with Crippen molar-refractivity contribution in [2.45, 2.75) is 31.7 Å². The van der Waals surface area contributed by atoms with Crippen molar-refractivity contribution in [2.24, 2.45) is 0 Å². The van der Waals surface area contributed by atoms with Crippen LogP contribution in [0.5, 0.6) is 0 Å². The molecule has 1 amide bonds. The summed E-state index contributed by atoms with van der Waals surface area (Å²) in [7, 11) is 0. The number of benzene rings is 1. The lowest BCUT2D eigenvalue weighted by Gasteiger charge is -2.35. The van der Waals surface area contributed by atoms with E-state index >= 15 is 0 Å². The van der Waals surface area contributed by atoms with Crippen molar-refractivity contribution in [3.63, 3.8) is 0 Å². The van der Waals surface area contributed by atoms with Crippen LogP contribution in [0.2, 0.25) is 5.02 Å². The van der Waals surface area contributed by atoms with Crippen molar-refractivity contribution in [1.29, 1.82) is 0 Å². The predicted octanol–water partition coefficient (Wildman–Crippen LogP) is 4.17. The van der Waals surface area contributed by atoms with Gasteiger partial charge in [-0.3, -0.25) is 4.79 Å². The second-order valence-corrected chi connectivity index (χ2v) is 8.39. The van der Waals surface area contributed by atoms with Crippen LogP contribution in [0.1, 0.15) is 31.2 Å². The van der Waals surface area contributed by atoms with Gasteiger partial charge >= 0.3 is 0 Å². The number of amides is 1. The molecule has 2 heterocycles. The molecule has 0 N–H and O–H groups in total. The van der Waals surface area contributed by atoms with Crippen LogP contribution in [-0.2, 0) is 4.79 Å². The van der Waals surface area contributed by atoms with Crippen molar-refractivity contribution in [3.8, 4) is 0 Å². The summed E-state index contributed by atoms with van der Waals surface area (Å²) in [4.78, 5) is 17.5. The van der Waals surface area contributed by atoms with Gasteiger partial charge in [-0.25, -0.2) is 0 Å². The molecule has 0 spiro atoms. The van der Waals surface area contributed by atoms with Crippen molar-refractivity contribution < 1.29 is 4.79 Å². The predicted molar refractivity (Wildman–Crippen MR) is 108 cm³/mol. The Hall–Kier alpha value is -0.970. The molecule has 0 aliphatic carbocycles. The van der Waals surface area contributed by atoms with Crippen LogP contribution in [0.15, 0.2) is 30.3 Å². The molecular weight excluding hydrogens is 352 g/mol. The minimum absolute atomic E-state index is 0.115. The van der Waals surface area contributed by atoms with E-state index in [4.69, 9.17) is 11.6 Å². The molecule has 0 bridgehead atoms. The first-order chi connectivity index (χ1) is 12.2. The van der Waals surface area contributed by atoms with E-state index in [1.165, 1.54) is 32.4 Å². The first-order valence-electron chi connectivity index (χ1n) is 9.27. The van der Waals surface area contributed by atoms with E-state index in [0.29, 0.717) is 11.1 Å². The van der Waals surface area contributed by atoms with Gasteiger partial charge in [-0.1, -0.05) is 36.2 Å². The highest BCUT2D eigenvalue weighted by molar-refractivity contribution is 7.99. The maximum Gasteiger partial charge on any atom is 0.246 e. The molecule has 1 atom stereocenters. The Morgan fingerprint density at radius 1 is 1.16 bits per heavy atom. The summed E-state index contributed by atoms with van der Waals surface area (Å²) in [6.07, 6.45) is 8.55. The van der Waals surface area contributed by atoms with Crippen molar-refractivity contribution in [3.05, 3.63) is 40.9 Å². The maximum absolute atomic E-state index is 12.9. The molecule has 136 valence electrons. The average Bonchev–Trinajstić information content (AvgIpc) is 2.87. The van der Waals surface area contributed by atoms with Crippen LogP contribution in [0, 0.1) is 0 Å². The summed E-state index contributed by atoms with van der Waals surface area (Å²) in [5.74, 6) is 2.31. The van der Waals surface area contributed by atoms with Gasteiger partial charge in [0, 0.05) is 29.9 Å². The topological polar surface area (TPSA) is 23.6 Å². The highest BCUT2D eigenvalue weighted by Gasteiger charge is 2.26. The van der Waals surface area contributed by atoms with Crippen LogP contribution in [0.3, 0.4) is 0 Å². The number of piperidine rings is 1. The second kappa shape index (κ2) is 9.65. The summed E-state index contributed by atoms with van der Waals surface area (Å²) >= 11 is 8.18. The number of hydrogen-bond acceptors (Lipinski definition) is 3. The molecule has 0 saturated carbocycles. The van der Waals surface area contributed by atoms with E-state index in [-0.39, 0.29) is 5.91 Å². The van der Waals surface area contributed by atoms with Crippen LogP contribution in [-0.4, -0.2) is 59.4 Å². The zero-order valence-corrected chi connectivity index (χ0v) is 16.3. The van der Waals surface area contributed by atoms with Crippen molar-refractivity contribution >= 4 is 35.3 Å². The minimum Gasteiger partial charge on any atom is -0.334 e. The van der Waals surface area contributed by atoms with Crippen molar-refractivity contribution in [1.82, 2.24) is 9.80 Å². The van der Waals surface area contributed by atoms with Gasteiger partial charge in [0.1, 0.15) is 0 Å². The fourth-order valence-corrected chi connectivity index (χ4v) is 4.83. The van der Waals surface area contributed by atoms with Gasteiger partial charge in [0.15, 0.2) is 0 Å². The Labute approximate surface area is 160 Å². The van der Waals surface area contributed by atoms with Gasteiger partial charge < -0.3 is 9.80 Å². The fourth-order valence-electron chi connectivity index (χ4n) is 3.58. The quantitative estimate of drug-likeness (QED) is 0.734. The number of carbonyl (C=O) groups is 1. The Morgan fingerprint density at radius 2 is 1.96 bits per heavy atom. The molecule has 3 rings (SSSR count). The third-order valence-electron chi connectivity index (χ3n) is 4.95. The van der Waals surface area contributed by atoms with Crippen LogP contribution >= 0.6 is 23.4 Å². The molecule has 2 aliphatic rings. The summed E-state index contributed by atoms with van der Waals surface area (Å²) in [6, 6.07) is 7.96. The normalized spacial score (nSPS) is 22.9. The molecular formula is C20H27ClN2OS. The summed E-state index contributed by atoms with van der Waals surface area (Å²) in [5.41, 5.74) is 0.897. The van der Waals surface area contributed by atoms with Crippen LogP contribution < -0.4 is 0 Å². The third-order valence-corrected chi connectivity index (χ3v) is 6.49. The molecule has 2 saturated heterocycles. The SMILES string of the molecule is O=C(/C=C/c1ccccc1Cl)N1CCCSCC1CN1CCCCC1. The van der Waals surface area contributed by atoms with Gasteiger partial charge in [-0.15, -0.1) is 0 Å². The zero-order chi connectivity index (χ0) is 17.5. The number of nitrogens with zero attached hydrogens (tertiary/aromatic N) is 2. The lowest BCUT2D eigenvalue weighted by Crippen LogP contribution is -2.48. The molecule has 0 aromatic heterocycles. The van der Waals surface area contributed by atoms with Gasteiger partial charge in [0.2, 0.25) is 5.91 Å². The molecule has 2 fully saturated rings. The Morgan fingerprint density at radius 3 is 2.76 bits per heavy atom.